The Hall–Kier alpha value is -0.990. The lowest BCUT2D eigenvalue weighted by Crippen LogP contribution is -2.97. The first-order valence-electron chi connectivity index (χ1n) is 7.22. The van der Waals surface area contributed by atoms with E-state index in [-0.39, 0.29) is 11.8 Å². The molecule has 4 fully saturated rings. The molecule has 4 saturated carbocycles. The van der Waals surface area contributed by atoms with Crippen LogP contribution in [0.3, 0.4) is 0 Å². The Bertz CT molecular complexity index is 712. The van der Waals surface area contributed by atoms with Crippen molar-refractivity contribution in [1.29, 1.82) is 0 Å². The van der Waals surface area contributed by atoms with Crippen molar-refractivity contribution in [3.63, 3.8) is 0 Å². The predicted octanol–water partition coefficient (Wildman–Crippen LogP) is 0.963. The molecule has 0 aromatic carbocycles. The van der Waals surface area contributed by atoms with Crippen molar-refractivity contribution >= 4 is 16.1 Å². The molecule has 0 aromatic heterocycles. The molecule has 4 aliphatic rings. The Kier molecular flexibility index (Phi) is 2.27. The van der Waals surface area contributed by atoms with Gasteiger partial charge in [-0.3, -0.25) is 4.55 Å². The van der Waals surface area contributed by atoms with Gasteiger partial charge in [0, 0.05) is 5.41 Å². The van der Waals surface area contributed by atoms with E-state index in [9.17, 15) is 22.7 Å². The SMILES string of the molecule is C=C(C)C(F)(C(=O)OC12CC3CC4(O)CC(C1)C342)S(=O)(=O)O. The number of carbonyl (C=O) groups excluding carboxylic acids is 1. The number of aliphatic hydroxyl groups is 1. The number of esters is 1. The van der Waals surface area contributed by atoms with Gasteiger partial charge in [0.25, 0.3) is 0 Å². The third-order valence-corrected chi connectivity index (χ3v) is 7.81. The van der Waals surface area contributed by atoms with Gasteiger partial charge in [0.15, 0.2) is 0 Å². The van der Waals surface area contributed by atoms with Crippen LogP contribution in [0.4, 0.5) is 4.39 Å². The van der Waals surface area contributed by atoms with Crippen molar-refractivity contribution in [1.82, 2.24) is 0 Å². The predicted molar refractivity (Wildman–Crippen MR) is 71.9 cm³/mol. The second-order valence-corrected chi connectivity index (χ2v) is 8.86. The van der Waals surface area contributed by atoms with Crippen molar-refractivity contribution < 1.29 is 32.0 Å². The van der Waals surface area contributed by atoms with Gasteiger partial charge in [0.1, 0.15) is 5.60 Å². The van der Waals surface area contributed by atoms with Crippen molar-refractivity contribution in [3.8, 4) is 0 Å². The summed E-state index contributed by atoms with van der Waals surface area (Å²) in [5.74, 6) is -1.15. The van der Waals surface area contributed by atoms with E-state index in [1.807, 2.05) is 0 Å². The molecule has 4 aliphatic carbocycles. The standard InChI is InChI=1S/C14H17FO6S/c1-7(2)14(15,22(18,19)20)10(16)21-12-5-8-3-11(17)4-9(6-12)13(8,11)12/h8-9,17H,1,3-6H2,2H3,(H,18,19,20). The number of ether oxygens (including phenoxy) is 1. The zero-order valence-corrected chi connectivity index (χ0v) is 12.8. The Morgan fingerprint density at radius 2 is 1.82 bits per heavy atom. The van der Waals surface area contributed by atoms with Gasteiger partial charge in [-0.2, -0.15) is 8.42 Å². The highest BCUT2D eigenvalue weighted by molar-refractivity contribution is 7.88. The van der Waals surface area contributed by atoms with Crippen molar-refractivity contribution in [2.75, 3.05) is 0 Å². The summed E-state index contributed by atoms with van der Waals surface area (Å²) >= 11 is 0. The molecule has 122 valence electrons. The Morgan fingerprint density at radius 1 is 1.32 bits per heavy atom. The summed E-state index contributed by atoms with van der Waals surface area (Å²) < 4.78 is 51.5. The minimum absolute atomic E-state index is 0.252. The fourth-order valence-corrected chi connectivity index (χ4v) is 6.58. The largest absolute Gasteiger partial charge is 0.455 e. The maximum atomic E-state index is 14.6. The zero-order chi connectivity index (χ0) is 16.3. The van der Waals surface area contributed by atoms with Gasteiger partial charge in [0.05, 0.1) is 5.60 Å². The van der Waals surface area contributed by atoms with Crippen LogP contribution in [0.1, 0.15) is 32.6 Å². The summed E-state index contributed by atoms with van der Waals surface area (Å²) in [6, 6.07) is 0. The number of hydrogen-bond acceptors (Lipinski definition) is 5. The molecule has 0 aliphatic heterocycles. The van der Waals surface area contributed by atoms with Gasteiger partial charge >= 0.3 is 21.1 Å². The smallest absolute Gasteiger partial charge is 0.367 e. The fourth-order valence-electron chi connectivity index (χ4n) is 5.89. The van der Waals surface area contributed by atoms with E-state index in [2.05, 4.69) is 6.58 Å². The molecule has 3 unspecified atom stereocenters. The van der Waals surface area contributed by atoms with Gasteiger partial charge in [-0.25, -0.2) is 9.18 Å². The molecule has 0 aromatic rings. The third kappa shape index (κ3) is 1.10. The maximum absolute atomic E-state index is 14.6. The van der Waals surface area contributed by atoms with E-state index < -0.39 is 43.3 Å². The lowest BCUT2D eigenvalue weighted by atomic mass is 9.15. The monoisotopic (exact) mass is 332 g/mol. The molecule has 0 amide bonds. The third-order valence-electron chi connectivity index (χ3n) is 6.59. The molecule has 0 bridgehead atoms. The molecular weight excluding hydrogens is 315 g/mol. The normalized spacial score (nSPS) is 49.8. The maximum Gasteiger partial charge on any atom is 0.367 e. The number of alkyl halides is 1. The summed E-state index contributed by atoms with van der Waals surface area (Å²) in [6.07, 6.45) is 2.33. The van der Waals surface area contributed by atoms with Crippen molar-refractivity contribution in [3.05, 3.63) is 12.2 Å². The average Bonchev–Trinajstić information content (AvgIpc) is 2.30. The van der Waals surface area contributed by atoms with Crippen LogP contribution in [0.25, 0.3) is 0 Å². The van der Waals surface area contributed by atoms with Crippen LogP contribution in [0.5, 0.6) is 0 Å². The first-order valence-corrected chi connectivity index (χ1v) is 8.66. The van der Waals surface area contributed by atoms with E-state index in [1.54, 1.807) is 0 Å². The Balaban J connectivity index is 1.63. The van der Waals surface area contributed by atoms with E-state index in [1.165, 1.54) is 0 Å². The topological polar surface area (TPSA) is 101 Å². The molecule has 22 heavy (non-hydrogen) atoms. The van der Waals surface area contributed by atoms with Crippen LogP contribution in [0, 0.1) is 17.3 Å². The summed E-state index contributed by atoms with van der Waals surface area (Å²) in [6.45, 7) is 4.15. The van der Waals surface area contributed by atoms with E-state index in [0.717, 1.165) is 6.92 Å². The summed E-state index contributed by atoms with van der Waals surface area (Å²) in [5.41, 5.74) is -3.01. The molecule has 0 heterocycles. The van der Waals surface area contributed by atoms with Crippen molar-refractivity contribution in [2.24, 2.45) is 17.3 Å². The number of rotatable bonds is 4. The van der Waals surface area contributed by atoms with Gasteiger partial charge in [-0.1, -0.05) is 6.58 Å². The molecule has 1 spiro atoms. The van der Waals surface area contributed by atoms with Crippen LogP contribution in [-0.4, -0.2) is 40.2 Å². The average molecular weight is 332 g/mol. The first kappa shape index (κ1) is 14.6. The Morgan fingerprint density at radius 3 is 2.14 bits per heavy atom. The molecule has 0 radical (unpaired) electrons. The lowest BCUT2D eigenvalue weighted by Gasteiger charge is -2.92. The summed E-state index contributed by atoms with van der Waals surface area (Å²) in [4.78, 5) is 12.2. The minimum Gasteiger partial charge on any atom is -0.455 e. The molecule has 2 N–H and O–H groups in total. The number of hydrogen-bond donors (Lipinski definition) is 2. The van der Waals surface area contributed by atoms with Crippen LogP contribution in [-0.2, 0) is 19.6 Å². The van der Waals surface area contributed by atoms with E-state index in [4.69, 9.17) is 9.29 Å². The fraction of sp³-hybridized carbons (Fsp3) is 0.786. The Labute approximate surface area is 127 Å². The summed E-state index contributed by atoms with van der Waals surface area (Å²) in [5, 5.41) is 6.76. The highest BCUT2D eigenvalue weighted by Crippen LogP contribution is 2.91. The van der Waals surface area contributed by atoms with E-state index >= 15 is 0 Å². The van der Waals surface area contributed by atoms with Gasteiger partial charge in [-0.15, -0.1) is 0 Å². The zero-order valence-electron chi connectivity index (χ0n) is 12.0. The summed E-state index contributed by atoms with van der Waals surface area (Å²) in [7, 11) is -5.35. The van der Waals surface area contributed by atoms with Crippen molar-refractivity contribution in [2.45, 2.75) is 48.8 Å². The molecule has 8 heteroatoms. The highest BCUT2D eigenvalue weighted by atomic mass is 32.2. The second-order valence-electron chi connectivity index (χ2n) is 7.35. The quantitative estimate of drug-likeness (QED) is 0.452. The van der Waals surface area contributed by atoms with Crippen LogP contribution < -0.4 is 0 Å². The van der Waals surface area contributed by atoms with Gasteiger partial charge in [-0.05, 0) is 50.0 Å². The minimum atomic E-state index is -5.35. The van der Waals surface area contributed by atoms with E-state index in [0.29, 0.717) is 25.7 Å². The lowest BCUT2D eigenvalue weighted by molar-refractivity contribution is -0.502. The molecule has 4 rings (SSSR count). The van der Waals surface area contributed by atoms with Crippen LogP contribution in [0.15, 0.2) is 12.2 Å². The second kappa shape index (κ2) is 3.42. The van der Waals surface area contributed by atoms with Crippen LogP contribution >= 0.6 is 0 Å². The number of halogens is 1. The molecule has 6 nitrogen and oxygen atoms in total. The molecule has 0 saturated heterocycles. The molecular formula is C14H17FO6S. The van der Waals surface area contributed by atoms with Crippen LogP contribution in [0.2, 0.25) is 0 Å². The van der Waals surface area contributed by atoms with Gasteiger partial charge < -0.3 is 9.84 Å². The first-order chi connectivity index (χ1) is 9.95. The molecule has 3 atom stereocenters. The highest BCUT2D eigenvalue weighted by Gasteiger charge is 2.96. The van der Waals surface area contributed by atoms with Gasteiger partial charge in [0.2, 0.25) is 0 Å². The number of carbonyl (C=O) groups is 1.